The number of amides is 1. The number of hydrogen-bond acceptors (Lipinski definition) is 6. The average Bonchev–Trinajstić information content (AvgIpc) is 3.24. The van der Waals surface area contributed by atoms with E-state index in [1.165, 1.54) is 11.3 Å². The maximum atomic E-state index is 13.2. The third-order valence-electron chi connectivity index (χ3n) is 4.44. The predicted octanol–water partition coefficient (Wildman–Crippen LogP) is 5.62. The average molecular weight is 474 g/mol. The van der Waals surface area contributed by atoms with Gasteiger partial charge in [-0.1, -0.05) is 40.6 Å². The zero-order chi connectivity index (χ0) is 21.8. The van der Waals surface area contributed by atoms with Crippen molar-refractivity contribution in [1.29, 1.82) is 0 Å². The van der Waals surface area contributed by atoms with Crippen LogP contribution in [0.1, 0.15) is 5.56 Å². The third-order valence-corrected chi connectivity index (χ3v) is 6.23. The Morgan fingerprint density at radius 2 is 1.94 bits per heavy atom. The first kappa shape index (κ1) is 21.4. The number of hydrogen-bond donors (Lipinski definition) is 0. The van der Waals surface area contributed by atoms with E-state index in [2.05, 4.69) is 9.97 Å². The van der Waals surface area contributed by atoms with Gasteiger partial charge in [-0.3, -0.25) is 14.7 Å². The predicted molar refractivity (Wildman–Crippen MR) is 124 cm³/mol. The van der Waals surface area contributed by atoms with Gasteiger partial charge in [0.15, 0.2) is 11.7 Å². The van der Waals surface area contributed by atoms with Crippen molar-refractivity contribution in [3.63, 3.8) is 0 Å². The maximum absolute atomic E-state index is 13.2. The zero-order valence-electron chi connectivity index (χ0n) is 16.4. The lowest BCUT2D eigenvalue weighted by molar-refractivity contribution is -0.120. The van der Waals surface area contributed by atoms with Crippen LogP contribution in [0.3, 0.4) is 0 Å². The molecule has 0 saturated carbocycles. The maximum Gasteiger partial charge on any atom is 0.267 e. The summed E-state index contributed by atoms with van der Waals surface area (Å²) < 4.78 is 11.8. The van der Waals surface area contributed by atoms with Crippen LogP contribution in [0.15, 0.2) is 60.9 Å². The van der Waals surface area contributed by atoms with E-state index in [-0.39, 0.29) is 19.1 Å². The van der Waals surface area contributed by atoms with Crippen molar-refractivity contribution in [2.24, 2.45) is 0 Å². The number of carbonyl (C=O) groups is 1. The van der Waals surface area contributed by atoms with Gasteiger partial charge in [0.25, 0.3) is 5.91 Å². The summed E-state index contributed by atoms with van der Waals surface area (Å²) in [5.41, 5.74) is 1.47. The number of halogens is 2. The molecule has 0 aliphatic heterocycles. The van der Waals surface area contributed by atoms with E-state index in [0.717, 1.165) is 10.3 Å². The Balaban J connectivity index is 1.65. The van der Waals surface area contributed by atoms with Crippen LogP contribution in [0.4, 0.5) is 5.13 Å². The molecular weight excluding hydrogens is 457 g/mol. The van der Waals surface area contributed by atoms with Gasteiger partial charge in [-0.05, 0) is 48.0 Å². The van der Waals surface area contributed by atoms with E-state index in [9.17, 15) is 4.79 Å². The van der Waals surface area contributed by atoms with Crippen molar-refractivity contribution >= 4 is 55.8 Å². The minimum Gasteiger partial charge on any atom is -0.494 e. The molecule has 0 fully saturated rings. The molecule has 0 saturated heterocycles. The number of thiazole rings is 1. The molecule has 0 unspecified atom stereocenters. The summed E-state index contributed by atoms with van der Waals surface area (Å²) in [6, 6.07) is 14.1. The van der Waals surface area contributed by atoms with E-state index in [0.29, 0.717) is 32.2 Å². The fourth-order valence-electron chi connectivity index (χ4n) is 2.91. The first-order valence-electron chi connectivity index (χ1n) is 9.26. The van der Waals surface area contributed by atoms with Crippen LogP contribution in [-0.4, -0.2) is 29.6 Å². The molecule has 0 aliphatic rings. The Kier molecular flexibility index (Phi) is 6.56. The normalized spacial score (nSPS) is 10.8. The molecule has 31 heavy (non-hydrogen) atoms. The number of benzene rings is 2. The van der Waals surface area contributed by atoms with Crippen molar-refractivity contribution in [2.75, 3.05) is 18.6 Å². The molecule has 0 bridgehead atoms. The highest BCUT2D eigenvalue weighted by atomic mass is 35.5. The summed E-state index contributed by atoms with van der Waals surface area (Å²) in [7, 11) is 1.57. The molecule has 2 aromatic carbocycles. The van der Waals surface area contributed by atoms with Crippen molar-refractivity contribution in [3.05, 3.63) is 76.5 Å². The highest BCUT2D eigenvalue weighted by Crippen LogP contribution is 2.39. The van der Waals surface area contributed by atoms with Gasteiger partial charge in [-0.15, -0.1) is 0 Å². The van der Waals surface area contributed by atoms with Gasteiger partial charge in [0.1, 0.15) is 17.0 Å². The topological polar surface area (TPSA) is 64.5 Å². The van der Waals surface area contributed by atoms with Gasteiger partial charge < -0.3 is 9.47 Å². The Labute approximate surface area is 193 Å². The Morgan fingerprint density at radius 3 is 2.65 bits per heavy atom. The number of anilines is 1. The lowest BCUT2D eigenvalue weighted by Gasteiger charge is -2.20. The van der Waals surface area contributed by atoms with Crippen molar-refractivity contribution < 1.29 is 14.3 Å². The van der Waals surface area contributed by atoms with Gasteiger partial charge in [0.2, 0.25) is 0 Å². The minimum absolute atomic E-state index is 0.164. The largest absolute Gasteiger partial charge is 0.494 e. The summed E-state index contributed by atoms with van der Waals surface area (Å²) in [5.74, 6) is 0.883. The third kappa shape index (κ3) is 4.90. The summed E-state index contributed by atoms with van der Waals surface area (Å²) in [4.78, 5) is 23.5. The molecule has 1 amide bonds. The van der Waals surface area contributed by atoms with Gasteiger partial charge >= 0.3 is 0 Å². The fraction of sp³-hybridized carbons (Fsp3) is 0.136. The number of pyridine rings is 1. The fourth-order valence-corrected chi connectivity index (χ4v) is 4.31. The van der Waals surface area contributed by atoms with Gasteiger partial charge in [-0.25, -0.2) is 4.98 Å². The number of fused-ring (bicyclic) bond motifs is 1. The van der Waals surface area contributed by atoms with E-state index < -0.39 is 0 Å². The second-order valence-corrected chi connectivity index (χ2v) is 8.33. The molecule has 6 nitrogen and oxygen atoms in total. The highest BCUT2D eigenvalue weighted by Gasteiger charge is 2.23. The van der Waals surface area contributed by atoms with Crippen molar-refractivity contribution in [1.82, 2.24) is 9.97 Å². The van der Waals surface area contributed by atoms with Crippen LogP contribution in [0, 0.1) is 0 Å². The Bertz CT molecular complexity index is 1200. The van der Waals surface area contributed by atoms with Crippen molar-refractivity contribution in [2.45, 2.75) is 6.54 Å². The number of rotatable bonds is 7. The van der Waals surface area contributed by atoms with Crippen LogP contribution in [0.2, 0.25) is 10.0 Å². The molecule has 0 atom stereocenters. The number of ether oxygens (including phenoxy) is 2. The summed E-state index contributed by atoms with van der Waals surface area (Å²) in [5, 5.41) is 1.64. The quantitative estimate of drug-likeness (QED) is 0.348. The highest BCUT2D eigenvalue weighted by molar-refractivity contribution is 7.23. The summed E-state index contributed by atoms with van der Waals surface area (Å²) in [6.45, 7) is 0.124. The molecule has 0 radical (unpaired) electrons. The molecule has 0 spiro atoms. The van der Waals surface area contributed by atoms with Gasteiger partial charge in [0.05, 0.1) is 23.4 Å². The SMILES string of the molecule is COc1ccc(Cl)c2sc(N(Cc3cccnc3)C(=O)COc3ccc(Cl)cc3)nc12. The smallest absolute Gasteiger partial charge is 0.267 e. The van der Waals surface area contributed by atoms with E-state index in [4.69, 9.17) is 32.7 Å². The monoisotopic (exact) mass is 473 g/mol. The lowest BCUT2D eigenvalue weighted by atomic mass is 10.2. The molecule has 4 rings (SSSR count). The van der Waals surface area contributed by atoms with Crippen molar-refractivity contribution in [3.8, 4) is 11.5 Å². The van der Waals surface area contributed by atoms with Crippen LogP contribution >= 0.6 is 34.5 Å². The zero-order valence-corrected chi connectivity index (χ0v) is 18.7. The molecule has 2 aromatic heterocycles. The lowest BCUT2D eigenvalue weighted by Crippen LogP contribution is -2.34. The second kappa shape index (κ2) is 9.51. The minimum atomic E-state index is -0.257. The molecule has 4 aromatic rings. The number of methoxy groups -OCH3 is 1. The van der Waals surface area contributed by atoms with Gasteiger partial charge in [0, 0.05) is 17.4 Å². The molecule has 2 heterocycles. The molecule has 0 N–H and O–H groups in total. The van der Waals surface area contributed by atoms with Gasteiger partial charge in [-0.2, -0.15) is 0 Å². The first-order valence-corrected chi connectivity index (χ1v) is 10.8. The second-order valence-electron chi connectivity index (χ2n) is 6.51. The first-order chi connectivity index (χ1) is 15.0. The molecule has 158 valence electrons. The summed E-state index contributed by atoms with van der Waals surface area (Å²) in [6.07, 6.45) is 3.39. The van der Waals surface area contributed by atoms with E-state index in [1.807, 2.05) is 12.1 Å². The molecular formula is C22H17Cl2N3O3S. The summed E-state index contributed by atoms with van der Waals surface area (Å²) >= 11 is 13.6. The van der Waals surface area contributed by atoms with Crippen LogP contribution in [0.5, 0.6) is 11.5 Å². The molecule has 9 heteroatoms. The van der Waals surface area contributed by atoms with Crippen LogP contribution < -0.4 is 14.4 Å². The van der Waals surface area contributed by atoms with Crippen LogP contribution in [0.25, 0.3) is 10.2 Å². The molecule has 0 aliphatic carbocycles. The van der Waals surface area contributed by atoms with Crippen LogP contribution in [-0.2, 0) is 11.3 Å². The Morgan fingerprint density at radius 1 is 1.13 bits per heavy atom. The van der Waals surface area contributed by atoms with E-state index >= 15 is 0 Å². The number of nitrogens with zero attached hydrogens (tertiary/aromatic N) is 3. The Hall–Kier alpha value is -2.87. The number of aromatic nitrogens is 2. The standard InChI is InChI=1S/C22H17Cl2N3O3S/c1-29-18-9-8-17(24)21-20(18)26-22(31-21)27(12-14-3-2-10-25-11-14)19(28)13-30-16-6-4-15(23)5-7-16/h2-11H,12-13H2,1H3. The van der Waals surface area contributed by atoms with E-state index in [1.54, 1.807) is 60.8 Å². The number of carbonyl (C=O) groups excluding carboxylic acids is 1.